The van der Waals surface area contributed by atoms with Gasteiger partial charge >= 0.3 is 5.91 Å². The zero-order valence-electron chi connectivity index (χ0n) is 10.2. The molecule has 1 amide bonds. The molecule has 2 heterocycles. The maximum absolute atomic E-state index is 12.1. The molecule has 0 N–H and O–H groups in total. The van der Waals surface area contributed by atoms with E-state index in [9.17, 15) is 9.59 Å². The Morgan fingerprint density at radius 2 is 1.55 bits per heavy atom. The van der Waals surface area contributed by atoms with Gasteiger partial charge in [-0.1, -0.05) is 30.3 Å². The lowest BCUT2D eigenvalue weighted by Gasteiger charge is -2.13. The van der Waals surface area contributed by atoms with Crippen molar-refractivity contribution in [2.24, 2.45) is 10.2 Å². The number of hydrogen-bond donors (Lipinski definition) is 0. The van der Waals surface area contributed by atoms with Crippen LogP contribution in [0.1, 0.15) is 10.4 Å². The molecule has 5 heteroatoms. The van der Waals surface area contributed by atoms with Gasteiger partial charge < -0.3 is 0 Å². The van der Waals surface area contributed by atoms with Crippen molar-refractivity contribution in [2.75, 3.05) is 0 Å². The molecule has 0 fully saturated rings. The monoisotopic (exact) mass is 261 g/mol. The fourth-order valence-electron chi connectivity index (χ4n) is 2.57. The highest BCUT2D eigenvalue weighted by Crippen LogP contribution is 2.39. The van der Waals surface area contributed by atoms with Gasteiger partial charge in [-0.2, -0.15) is 0 Å². The number of hydrogen-bond acceptors (Lipinski definition) is 4. The van der Waals surface area contributed by atoms with E-state index in [0.29, 0.717) is 22.2 Å². The Hall–Kier alpha value is -2.95. The Bertz CT molecular complexity index is 944. The summed E-state index contributed by atoms with van der Waals surface area (Å²) in [6.45, 7) is 0. The average Bonchev–Trinajstić information content (AvgIpc) is 2.50. The summed E-state index contributed by atoms with van der Waals surface area (Å²) in [6, 6.07) is 11.2. The Labute approximate surface area is 113 Å². The summed E-state index contributed by atoms with van der Waals surface area (Å²) >= 11 is 0. The molecule has 0 saturated carbocycles. The van der Waals surface area contributed by atoms with Crippen molar-refractivity contribution in [2.45, 2.75) is 0 Å². The first-order valence-electron chi connectivity index (χ1n) is 6.07. The van der Waals surface area contributed by atoms with Crippen molar-refractivity contribution >= 4 is 39.1 Å². The third-order valence-corrected chi connectivity index (χ3v) is 3.42. The van der Waals surface area contributed by atoms with Crippen LogP contribution >= 0.6 is 0 Å². The van der Waals surface area contributed by atoms with Gasteiger partial charge in [0.25, 0.3) is 5.78 Å². The minimum absolute atomic E-state index is 0.298. The fraction of sp³-hybridized carbons (Fsp3) is 0. The molecular formula is C15H7N3O2. The minimum Gasteiger partial charge on any atom is -0.283 e. The summed E-state index contributed by atoms with van der Waals surface area (Å²) in [6.07, 6.45) is 1.63. The second-order valence-corrected chi connectivity index (χ2v) is 4.50. The van der Waals surface area contributed by atoms with Crippen LogP contribution in [0.4, 0.5) is 5.69 Å². The minimum atomic E-state index is -0.835. The molecule has 0 aliphatic carbocycles. The number of ketones is 1. The SMILES string of the molecule is O=C1N=Nc2c(c3ccccc3c3cccnc23)C1=O. The zero-order chi connectivity index (χ0) is 13.7. The average molecular weight is 261 g/mol. The van der Waals surface area contributed by atoms with E-state index in [4.69, 9.17) is 0 Å². The highest BCUT2D eigenvalue weighted by atomic mass is 16.2. The quantitative estimate of drug-likeness (QED) is 0.460. The first kappa shape index (κ1) is 10.9. The van der Waals surface area contributed by atoms with Crippen molar-refractivity contribution < 1.29 is 9.59 Å². The van der Waals surface area contributed by atoms with Gasteiger partial charge in [0.1, 0.15) is 5.69 Å². The summed E-state index contributed by atoms with van der Waals surface area (Å²) in [4.78, 5) is 27.9. The zero-order valence-corrected chi connectivity index (χ0v) is 10.2. The number of benzene rings is 2. The lowest BCUT2D eigenvalue weighted by Crippen LogP contribution is -2.15. The second-order valence-electron chi connectivity index (χ2n) is 4.50. The molecule has 2 aromatic carbocycles. The summed E-state index contributed by atoms with van der Waals surface area (Å²) in [5.74, 6) is -1.46. The maximum atomic E-state index is 12.1. The third kappa shape index (κ3) is 1.29. The van der Waals surface area contributed by atoms with Gasteiger partial charge in [0, 0.05) is 11.6 Å². The van der Waals surface area contributed by atoms with Crippen molar-refractivity contribution in [3.05, 3.63) is 48.2 Å². The van der Waals surface area contributed by atoms with Crippen LogP contribution in [0.25, 0.3) is 21.7 Å². The van der Waals surface area contributed by atoms with Crippen molar-refractivity contribution in [1.29, 1.82) is 0 Å². The molecule has 0 bridgehead atoms. The molecule has 1 aromatic heterocycles. The first-order chi connectivity index (χ1) is 9.77. The molecule has 94 valence electrons. The number of carbonyl (C=O) groups excluding carboxylic acids is 2. The van der Waals surface area contributed by atoms with Gasteiger partial charge in [-0.3, -0.25) is 14.6 Å². The van der Waals surface area contributed by atoms with E-state index >= 15 is 0 Å². The van der Waals surface area contributed by atoms with E-state index in [2.05, 4.69) is 15.2 Å². The number of carbonyl (C=O) groups is 2. The lowest BCUT2D eigenvalue weighted by atomic mass is 9.94. The highest BCUT2D eigenvalue weighted by Gasteiger charge is 2.28. The normalized spacial score (nSPS) is 14.0. The molecule has 0 atom stereocenters. The second kappa shape index (κ2) is 3.77. The van der Waals surface area contributed by atoms with Crippen LogP contribution in [0.3, 0.4) is 0 Å². The van der Waals surface area contributed by atoms with Gasteiger partial charge in [-0.25, -0.2) is 0 Å². The summed E-state index contributed by atoms with van der Waals surface area (Å²) in [5, 5.41) is 9.78. The molecule has 4 rings (SSSR count). The Morgan fingerprint density at radius 1 is 0.800 bits per heavy atom. The Balaban J connectivity index is 2.35. The molecule has 5 nitrogen and oxygen atoms in total. The summed E-state index contributed by atoms with van der Waals surface area (Å²) in [5.41, 5.74) is 1.27. The molecule has 3 aromatic rings. The van der Waals surface area contributed by atoms with Crippen LogP contribution < -0.4 is 0 Å². The maximum Gasteiger partial charge on any atom is 0.336 e. The van der Waals surface area contributed by atoms with Crippen LogP contribution in [0.2, 0.25) is 0 Å². The first-order valence-corrected chi connectivity index (χ1v) is 6.07. The number of aromatic nitrogens is 1. The van der Waals surface area contributed by atoms with Crippen molar-refractivity contribution in [1.82, 2.24) is 4.98 Å². The van der Waals surface area contributed by atoms with Gasteiger partial charge in [0.2, 0.25) is 0 Å². The molecule has 0 unspecified atom stereocenters. The smallest absolute Gasteiger partial charge is 0.283 e. The van der Waals surface area contributed by atoms with Gasteiger partial charge in [0.05, 0.1) is 11.1 Å². The van der Waals surface area contributed by atoms with Gasteiger partial charge in [-0.15, -0.1) is 10.2 Å². The largest absolute Gasteiger partial charge is 0.336 e. The highest BCUT2D eigenvalue weighted by molar-refractivity contribution is 6.48. The van der Waals surface area contributed by atoms with E-state index in [0.717, 1.165) is 10.8 Å². The number of pyridine rings is 1. The van der Waals surface area contributed by atoms with E-state index in [1.165, 1.54) is 0 Å². The fourth-order valence-corrected chi connectivity index (χ4v) is 2.57. The van der Waals surface area contributed by atoms with Crippen LogP contribution in [-0.4, -0.2) is 16.7 Å². The molecule has 1 aliphatic heterocycles. The summed E-state index contributed by atoms with van der Waals surface area (Å²) < 4.78 is 0. The topological polar surface area (TPSA) is 71.8 Å². The Kier molecular flexibility index (Phi) is 2.06. The molecule has 20 heavy (non-hydrogen) atoms. The van der Waals surface area contributed by atoms with Crippen LogP contribution in [-0.2, 0) is 4.79 Å². The van der Waals surface area contributed by atoms with Crippen LogP contribution in [0.5, 0.6) is 0 Å². The standard InChI is InChI=1S/C15H7N3O2/c19-14-11-9-5-2-1-4-8(9)10-6-3-7-16-12(10)13(11)17-18-15(14)20/h1-7H. The predicted octanol–water partition coefficient (Wildman–Crippen LogP) is 3.19. The number of rotatable bonds is 0. The van der Waals surface area contributed by atoms with Crippen molar-refractivity contribution in [3.63, 3.8) is 0 Å². The van der Waals surface area contributed by atoms with Crippen molar-refractivity contribution in [3.8, 4) is 0 Å². The predicted molar refractivity (Wildman–Crippen MR) is 73.1 cm³/mol. The molecule has 0 radical (unpaired) electrons. The van der Waals surface area contributed by atoms with E-state index in [1.807, 2.05) is 36.4 Å². The number of amides is 1. The number of azo groups is 1. The number of fused-ring (bicyclic) bond motifs is 6. The van der Waals surface area contributed by atoms with Crippen LogP contribution in [0, 0.1) is 0 Å². The van der Waals surface area contributed by atoms with Gasteiger partial charge in [-0.05, 0) is 16.8 Å². The molecule has 0 spiro atoms. The van der Waals surface area contributed by atoms with Crippen LogP contribution in [0.15, 0.2) is 52.8 Å². The lowest BCUT2D eigenvalue weighted by molar-refractivity contribution is -0.114. The third-order valence-electron chi connectivity index (χ3n) is 3.42. The van der Waals surface area contributed by atoms with E-state index in [1.54, 1.807) is 6.20 Å². The van der Waals surface area contributed by atoms with Gasteiger partial charge in [0.15, 0.2) is 0 Å². The molecule has 0 saturated heterocycles. The molecule has 1 aliphatic rings. The van der Waals surface area contributed by atoms with E-state index < -0.39 is 11.7 Å². The Morgan fingerprint density at radius 3 is 2.40 bits per heavy atom. The number of nitrogens with zero attached hydrogens (tertiary/aromatic N) is 3. The molecular weight excluding hydrogens is 254 g/mol. The van der Waals surface area contributed by atoms with E-state index in [-0.39, 0.29) is 0 Å². The summed E-state index contributed by atoms with van der Waals surface area (Å²) in [7, 11) is 0. The number of Topliss-reactive ketones (excluding diaryl/α,β-unsaturated/α-hetero) is 1.